The van der Waals surface area contributed by atoms with Gasteiger partial charge in [-0.15, -0.1) is 0 Å². The Morgan fingerprint density at radius 1 is 1.07 bits per heavy atom. The second kappa shape index (κ2) is 8.31. The van der Waals surface area contributed by atoms with Gasteiger partial charge in [0.1, 0.15) is 0 Å². The van der Waals surface area contributed by atoms with Gasteiger partial charge in [0.15, 0.2) is 0 Å². The Morgan fingerprint density at radius 2 is 1.67 bits per heavy atom. The molecule has 0 aromatic heterocycles. The van der Waals surface area contributed by atoms with Crippen molar-refractivity contribution in [2.75, 3.05) is 16.3 Å². The van der Waals surface area contributed by atoms with E-state index >= 15 is 0 Å². The molecule has 27 heavy (non-hydrogen) atoms. The molecule has 0 aliphatic rings. The lowest BCUT2D eigenvalue weighted by Gasteiger charge is -2.31. The highest BCUT2D eigenvalue weighted by atomic mass is 35.5. The Kier molecular flexibility index (Phi) is 6.54. The average Bonchev–Trinajstić information content (AvgIpc) is 2.59. The van der Waals surface area contributed by atoms with Crippen molar-refractivity contribution in [1.82, 2.24) is 0 Å². The second-order valence-corrected chi connectivity index (χ2v) is 8.84. The maximum atomic E-state index is 13.2. The highest BCUT2D eigenvalue weighted by molar-refractivity contribution is 7.92. The monoisotopic (exact) mass is 408 g/mol. The van der Waals surface area contributed by atoms with E-state index in [-0.39, 0.29) is 5.91 Å². The minimum absolute atomic E-state index is 0.135. The zero-order valence-electron chi connectivity index (χ0n) is 16.0. The van der Waals surface area contributed by atoms with Crippen LogP contribution in [0.4, 0.5) is 11.4 Å². The van der Waals surface area contributed by atoms with E-state index in [1.54, 1.807) is 37.3 Å². The number of hydrogen-bond acceptors (Lipinski definition) is 3. The molecule has 1 amide bonds. The Bertz CT molecular complexity index is 921. The normalized spacial score (nSPS) is 11.9. The lowest BCUT2D eigenvalue weighted by atomic mass is 9.75. The number of anilines is 2. The van der Waals surface area contributed by atoms with Crippen molar-refractivity contribution in [3.8, 4) is 0 Å². The number of aryl methyl sites for hydroxylation is 1. The van der Waals surface area contributed by atoms with Crippen LogP contribution in [0.1, 0.15) is 37.8 Å². The number of amides is 1. The van der Waals surface area contributed by atoms with Crippen molar-refractivity contribution in [1.29, 1.82) is 0 Å². The van der Waals surface area contributed by atoms with Gasteiger partial charge < -0.3 is 5.32 Å². The summed E-state index contributed by atoms with van der Waals surface area (Å²) < 4.78 is 25.6. The van der Waals surface area contributed by atoms with Gasteiger partial charge in [0.05, 0.1) is 17.4 Å². The molecule has 0 unspecified atom stereocenters. The number of carbonyl (C=O) groups is 1. The molecule has 5 nitrogen and oxygen atoms in total. The molecule has 0 fully saturated rings. The predicted octanol–water partition coefficient (Wildman–Crippen LogP) is 4.72. The van der Waals surface area contributed by atoms with Gasteiger partial charge in [0.2, 0.25) is 15.9 Å². The van der Waals surface area contributed by atoms with Crippen molar-refractivity contribution in [2.45, 2.75) is 39.0 Å². The van der Waals surface area contributed by atoms with Crippen molar-refractivity contribution in [3.63, 3.8) is 0 Å². The molecular formula is C20H25ClN2O3S. The highest BCUT2D eigenvalue weighted by Gasteiger charge is 2.36. The molecule has 0 saturated heterocycles. The van der Waals surface area contributed by atoms with E-state index in [4.69, 9.17) is 11.6 Å². The second-order valence-electron chi connectivity index (χ2n) is 6.65. The molecule has 0 radical (unpaired) electrons. The largest absolute Gasteiger partial charge is 0.325 e. The molecule has 0 atom stereocenters. The van der Waals surface area contributed by atoms with Gasteiger partial charge in [-0.1, -0.05) is 43.6 Å². The predicted molar refractivity (Wildman–Crippen MR) is 112 cm³/mol. The quantitative estimate of drug-likeness (QED) is 0.696. The van der Waals surface area contributed by atoms with Crippen LogP contribution in [0.2, 0.25) is 5.02 Å². The lowest BCUT2D eigenvalue weighted by molar-refractivity contribution is -0.121. The Balaban J connectivity index is 2.35. The summed E-state index contributed by atoms with van der Waals surface area (Å²) in [5, 5.41) is 3.57. The van der Waals surface area contributed by atoms with Crippen LogP contribution in [-0.2, 0) is 20.2 Å². The molecule has 0 spiro atoms. The van der Waals surface area contributed by atoms with Gasteiger partial charge in [-0.2, -0.15) is 0 Å². The Labute approximate surface area is 166 Å². The van der Waals surface area contributed by atoms with Gasteiger partial charge in [-0.3, -0.25) is 9.52 Å². The summed E-state index contributed by atoms with van der Waals surface area (Å²) >= 11 is 5.99. The number of carbonyl (C=O) groups excluding carboxylic acids is 1. The molecule has 0 aliphatic carbocycles. The van der Waals surface area contributed by atoms with E-state index < -0.39 is 15.4 Å². The number of benzene rings is 2. The maximum Gasteiger partial charge on any atom is 0.235 e. The molecule has 7 heteroatoms. The first-order chi connectivity index (χ1) is 12.6. The number of sulfonamides is 1. The molecule has 0 heterocycles. The van der Waals surface area contributed by atoms with Crippen LogP contribution < -0.4 is 10.0 Å². The van der Waals surface area contributed by atoms with Crippen molar-refractivity contribution in [2.24, 2.45) is 0 Å². The van der Waals surface area contributed by atoms with Crippen molar-refractivity contribution >= 4 is 38.9 Å². The zero-order chi connectivity index (χ0) is 20.2. The first kappa shape index (κ1) is 21.3. The zero-order valence-corrected chi connectivity index (χ0v) is 17.5. The Hall–Kier alpha value is -2.05. The van der Waals surface area contributed by atoms with Crippen molar-refractivity contribution in [3.05, 3.63) is 58.6 Å². The number of hydrogen-bond donors (Lipinski definition) is 2. The maximum absolute atomic E-state index is 13.2. The van der Waals surface area contributed by atoms with Gasteiger partial charge in [-0.25, -0.2) is 8.42 Å². The third kappa shape index (κ3) is 5.02. The van der Waals surface area contributed by atoms with E-state index in [2.05, 4.69) is 10.0 Å². The summed E-state index contributed by atoms with van der Waals surface area (Å²) in [6.45, 7) is 5.75. The molecule has 146 valence electrons. The fraction of sp³-hybridized carbons (Fsp3) is 0.350. The van der Waals surface area contributed by atoms with Crippen LogP contribution in [0.3, 0.4) is 0 Å². The lowest BCUT2D eigenvalue weighted by Crippen LogP contribution is -2.39. The summed E-state index contributed by atoms with van der Waals surface area (Å²) in [6.07, 6.45) is 2.34. The van der Waals surface area contributed by atoms with Crippen LogP contribution in [0.15, 0.2) is 42.5 Å². The third-order valence-corrected chi connectivity index (χ3v) is 5.67. The first-order valence-corrected chi connectivity index (χ1v) is 11.0. The summed E-state index contributed by atoms with van der Waals surface area (Å²) in [6, 6.07) is 12.5. The SMILES string of the molecule is CCC(CC)(C(=O)Nc1ccc(C)c(NS(C)(=O)=O)c1)c1ccc(Cl)cc1. The van der Waals surface area contributed by atoms with Crippen molar-refractivity contribution < 1.29 is 13.2 Å². The fourth-order valence-corrected chi connectivity index (χ4v) is 3.88. The van der Waals surface area contributed by atoms with Crippen LogP contribution in [0, 0.1) is 6.92 Å². The number of nitrogens with one attached hydrogen (secondary N) is 2. The topological polar surface area (TPSA) is 75.3 Å². The summed E-state index contributed by atoms with van der Waals surface area (Å²) in [4.78, 5) is 13.2. The number of rotatable bonds is 7. The smallest absolute Gasteiger partial charge is 0.235 e. The minimum Gasteiger partial charge on any atom is -0.325 e. The summed E-state index contributed by atoms with van der Waals surface area (Å²) in [7, 11) is -3.40. The molecule has 2 aromatic carbocycles. The van der Waals surface area contributed by atoms with Crippen LogP contribution in [0.25, 0.3) is 0 Å². The fourth-order valence-electron chi connectivity index (χ4n) is 3.14. The van der Waals surface area contributed by atoms with Crippen LogP contribution in [-0.4, -0.2) is 20.6 Å². The summed E-state index contributed by atoms with van der Waals surface area (Å²) in [5.41, 5.74) is 1.96. The van der Waals surface area contributed by atoms with E-state index in [0.717, 1.165) is 17.4 Å². The summed E-state index contributed by atoms with van der Waals surface area (Å²) in [5.74, 6) is -0.135. The third-order valence-electron chi connectivity index (χ3n) is 4.83. The standard InChI is InChI=1S/C20H25ClN2O3S/c1-5-20(6-2,15-8-10-16(21)11-9-15)19(24)22-17-12-7-14(3)18(13-17)23-27(4,25)26/h7-13,23H,5-6H2,1-4H3,(H,22,24). The van der Waals surface area contributed by atoms with E-state index in [9.17, 15) is 13.2 Å². The molecule has 2 aromatic rings. The van der Waals surface area contributed by atoms with E-state index in [1.807, 2.05) is 26.0 Å². The van der Waals surface area contributed by atoms with E-state index in [0.29, 0.717) is 29.2 Å². The molecular weight excluding hydrogens is 384 g/mol. The molecule has 0 saturated carbocycles. The molecule has 2 N–H and O–H groups in total. The van der Waals surface area contributed by atoms with Gasteiger partial charge >= 0.3 is 0 Å². The average molecular weight is 409 g/mol. The van der Waals surface area contributed by atoms with Crippen LogP contribution in [0.5, 0.6) is 0 Å². The number of halogens is 1. The highest BCUT2D eigenvalue weighted by Crippen LogP contribution is 2.34. The molecule has 0 bridgehead atoms. The Morgan fingerprint density at radius 3 is 2.19 bits per heavy atom. The van der Waals surface area contributed by atoms with Gasteiger partial charge in [-0.05, 0) is 55.2 Å². The van der Waals surface area contributed by atoms with E-state index in [1.165, 1.54) is 0 Å². The molecule has 0 aliphatic heterocycles. The molecule has 2 rings (SSSR count). The van der Waals surface area contributed by atoms with Gasteiger partial charge in [0.25, 0.3) is 0 Å². The van der Waals surface area contributed by atoms with Crippen LogP contribution >= 0.6 is 11.6 Å². The van der Waals surface area contributed by atoms with Gasteiger partial charge in [0, 0.05) is 10.7 Å². The minimum atomic E-state index is -3.40. The first-order valence-electron chi connectivity index (χ1n) is 8.77.